The number of rotatable bonds is 4. The largest absolute Gasteiger partial charge is 0.399 e. The summed E-state index contributed by atoms with van der Waals surface area (Å²) < 4.78 is 0.805. The molecule has 3 N–H and O–H groups in total. The lowest BCUT2D eigenvalue weighted by Crippen LogP contribution is -2.31. The van der Waals surface area contributed by atoms with Crippen LogP contribution in [0.15, 0.2) is 40.2 Å². The Morgan fingerprint density at radius 3 is 2.65 bits per heavy atom. The first-order chi connectivity index (χ1) is 9.47. The molecule has 20 heavy (non-hydrogen) atoms. The van der Waals surface area contributed by atoms with Crippen LogP contribution in [0, 0.1) is 5.92 Å². The number of nitrogens with two attached hydrogens (primary N) is 1. The highest BCUT2D eigenvalue weighted by Crippen LogP contribution is 2.26. The van der Waals surface area contributed by atoms with Gasteiger partial charge in [0.15, 0.2) is 0 Å². The Balaban J connectivity index is 2.20. The third kappa shape index (κ3) is 3.61. The highest BCUT2D eigenvalue weighted by Gasteiger charge is 2.20. The van der Waals surface area contributed by atoms with Crippen molar-refractivity contribution in [1.82, 2.24) is 5.32 Å². The molecular weight excluding hydrogens is 336 g/mol. The predicted octanol–water partition coefficient (Wildman–Crippen LogP) is 4.22. The standard InChI is InChI=1S/C15H17BrN2OS/c1-9(2)14(13-4-3-5-20-13)18-15(19)10-6-11(16)8-12(17)7-10/h3-9,14H,17H2,1-2H3,(H,18,19). The van der Waals surface area contributed by atoms with E-state index in [9.17, 15) is 4.79 Å². The van der Waals surface area contributed by atoms with E-state index in [2.05, 4.69) is 35.1 Å². The molecule has 0 spiro atoms. The molecule has 0 aliphatic rings. The number of benzene rings is 1. The van der Waals surface area contributed by atoms with Crippen molar-refractivity contribution in [2.45, 2.75) is 19.9 Å². The van der Waals surface area contributed by atoms with Crippen molar-refractivity contribution in [3.8, 4) is 0 Å². The normalized spacial score (nSPS) is 12.4. The lowest BCUT2D eigenvalue weighted by Gasteiger charge is -2.21. The maximum atomic E-state index is 12.4. The predicted molar refractivity (Wildman–Crippen MR) is 87.9 cm³/mol. The molecule has 0 radical (unpaired) electrons. The molecule has 1 amide bonds. The fourth-order valence-electron chi connectivity index (χ4n) is 2.00. The van der Waals surface area contributed by atoms with Crippen molar-refractivity contribution < 1.29 is 4.79 Å². The van der Waals surface area contributed by atoms with Gasteiger partial charge in [-0.05, 0) is 35.6 Å². The van der Waals surface area contributed by atoms with Gasteiger partial charge in [0.2, 0.25) is 0 Å². The zero-order chi connectivity index (χ0) is 14.7. The maximum Gasteiger partial charge on any atom is 0.251 e. The maximum absolute atomic E-state index is 12.4. The number of halogens is 1. The summed E-state index contributed by atoms with van der Waals surface area (Å²) in [7, 11) is 0. The van der Waals surface area contributed by atoms with Crippen molar-refractivity contribution in [3.05, 3.63) is 50.6 Å². The molecule has 2 aromatic rings. The number of carbonyl (C=O) groups excluding carboxylic acids is 1. The van der Waals surface area contributed by atoms with Crippen molar-refractivity contribution in [3.63, 3.8) is 0 Å². The summed E-state index contributed by atoms with van der Waals surface area (Å²) in [6.07, 6.45) is 0. The Kier molecular flexibility index (Phi) is 4.83. The lowest BCUT2D eigenvalue weighted by molar-refractivity contribution is 0.0926. The summed E-state index contributed by atoms with van der Waals surface area (Å²) in [4.78, 5) is 13.5. The quantitative estimate of drug-likeness (QED) is 0.809. The van der Waals surface area contributed by atoms with Gasteiger partial charge in [-0.2, -0.15) is 0 Å². The SMILES string of the molecule is CC(C)C(NC(=O)c1cc(N)cc(Br)c1)c1cccs1. The van der Waals surface area contributed by atoms with Crippen LogP contribution < -0.4 is 11.1 Å². The summed E-state index contributed by atoms with van der Waals surface area (Å²) in [6, 6.07) is 9.30. The van der Waals surface area contributed by atoms with Crippen LogP contribution in [0.3, 0.4) is 0 Å². The average molecular weight is 353 g/mol. The zero-order valence-electron chi connectivity index (χ0n) is 11.4. The third-order valence-corrected chi connectivity index (χ3v) is 4.40. The number of nitrogen functional groups attached to an aromatic ring is 1. The molecule has 1 heterocycles. The molecule has 0 fully saturated rings. The van der Waals surface area contributed by atoms with E-state index in [4.69, 9.17) is 5.73 Å². The van der Waals surface area contributed by atoms with E-state index in [0.29, 0.717) is 17.2 Å². The molecule has 1 atom stereocenters. The van der Waals surface area contributed by atoms with Gasteiger partial charge in [0.05, 0.1) is 6.04 Å². The van der Waals surface area contributed by atoms with E-state index in [1.165, 1.54) is 0 Å². The Labute approximate surface area is 131 Å². The summed E-state index contributed by atoms with van der Waals surface area (Å²) >= 11 is 5.01. The van der Waals surface area contributed by atoms with Crippen LogP contribution in [0.2, 0.25) is 0 Å². The molecule has 0 saturated heterocycles. The minimum atomic E-state index is -0.106. The molecule has 2 rings (SSSR count). The van der Waals surface area contributed by atoms with E-state index in [1.807, 2.05) is 17.5 Å². The molecule has 3 nitrogen and oxygen atoms in total. The van der Waals surface area contributed by atoms with Gasteiger partial charge in [-0.15, -0.1) is 11.3 Å². The number of carbonyl (C=O) groups is 1. The van der Waals surface area contributed by atoms with Crippen LogP contribution in [0.1, 0.15) is 35.1 Å². The van der Waals surface area contributed by atoms with Crippen LogP contribution in [-0.2, 0) is 0 Å². The highest BCUT2D eigenvalue weighted by molar-refractivity contribution is 9.10. The van der Waals surface area contributed by atoms with Crippen LogP contribution in [0.25, 0.3) is 0 Å². The molecule has 106 valence electrons. The van der Waals surface area contributed by atoms with Gasteiger partial charge in [-0.25, -0.2) is 0 Å². The highest BCUT2D eigenvalue weighted by atomic mass is 79.9. The topological polar surface area (TPSA) is 55.1 Å². The van der Waals surface area contributed by atoms with Crippen LogP contribution in [-0.4, -0.2) is 5.91 Å². The summed E-state index contributed by atoms with van der Waals surface area (Å²) in [6.45, 7) is 4.19. The van der Waals surface area contributed by atoms with Gasteiger partial charge in [-0.3, -0.25) is 4.79 Å². The average Bonchev–Trinajstić information content (AvgIpc) is 2.87. The van der Waals surface area contributed by atoms with Gasteiger partial charge in [0.1, 0.15) is 0 Å². The number of amides is 1. The number of hydrogen-bond acceptors (Lipinski definition) is 3. The van der Waals surface area contributed by atoms with Crippen molar-refractivity contribution in [1.29, 1.82) is 0 Å². The van der Waals surface area contributed by atoms with Crippen molar-refractivity contribution >= 4 is 38.9 Å². The third-order valence-electron chi connectivity index (χ3n) is 2.99. The van der Waals surface area contributed by atoms with E-state index in [0.717, 1.165) is 9.35 Å². The van der Waals surface area contributed by atoms with E-state index < -0.39 is 0 Å². The summed E-state index contributed by atoms with van der Waals surface area (Å²) in [5, 5.41) is 5.11. The number of hydrogen-bond donors (Lipinski definition) is 2. The van der Waals surface area contributed by atoms with Gasteiger partial charge in [0, 0.05) is 20.6 Å². The number of anilines is 1. The van der Waals surface area contributed by atoms with Crippen molar-refractivity contribution in [2.24, 2.45) is 5.92 Å². The molecule has 1 aromatic heterocycles. The van der Waals surface area contributed by atoms with E-state index >= 15 is 0 Å². The minimum Gasteiger partial charge on any atom is -0.399 e. The molecule has 0 aliphatic carbocycles. The summed E-state index contributed by atoms with van der Waals surface area (Å²) in [5.74, 6) is 0.215. The molecule has 0 saturated carbocycles. The van der Waals surface area contributed by atoms with Crippen molar-refractivity contribution in [2.75, 3.05) is 5.73 Å². The molecule has 1 aromatic carbocycles. The molecule has 5 heteroatoms. The Bertz CT molecular complexity index is 576. The fraction of sp³-hybridized carbons (Fsp3) is 0.267. The van der Waals surface area contributed by atoms with Crippen LogP contribution in [0.4, 0.5) is 5.69 Å². The van der Waals surface area contributed by atoms with E-state index in [1.54, 1.807) is 29.5 Å². The van der Waals surface area contributed by atoms with Gasteiger partial charge < -0.3 is 11.1 Å². The van der Waals surface area contributed by atoms with Gasteiger partial charge >= 0.3 is 0 Å². The molecule has 1 unspecified atom stereocenters. The first-order valence-electron chi connectivity index (χ1n) is 6.37. The van der Waals surface area contributed by atoms with Gasteiger partial charge in [0.25, 0.3) is 5.91 Å². The zero-order valence-corrected chi connectivity index (χ0v) is 13.8. The molecule has 0 bridgehead atoms. The van der Waals surface area contributed by atoms with E-state index in [-0.39, 0.29) is 11.9 Å². The first kappa shape index (κ1) is 15.1. The smallest absolute Gasteiger partial charge is 0.251 e. The Morgan fingerprint density at radius 1 is 1.35 bits per heavy atom. The second-order valence-electron chi connectivity index (χ2n) is 4.98. The Morgan fingerprint density at radius 2 is 2.10 bits per heavy atom. The lowest BCUT2D eigenvalue weighted by atomic mass is 10.0. The van der Waals surface area contributed by atoms with Crippen LogP contribution >= 0.6 is 27.3 Å². The first-order valence-corrected chi connectivity index (χ1v) is 8.05. The Hall–Kier alpha value is -1.33. The summed E-state index contributed by atoms with van der Waals surface area (Å²) in [5.41, 5.74) is 6.91. The number of nitrogens with one attached hydrogen (secondary N) is 1. The monoisotopic (exact) mass is 352 g/mol. The van der Waals surface area contributed by atoms with Crippen LogP contribution in [0.5, 0.6) is 0 Å². The second-order valence-corrected chi connectivity index (χ2v) is 6.88. The molecular formula is C15H17BrN2OS. The minimum absolute atomic E-state index is 0.0164. The number of thiophene rings is 1. The van der Waals surface area contributed by atoms with Gasteiger partial charge in [-0.1, -0.05) is 35.8 Å². The molecule has 0 aliphatic heterocycles. The fourth-order valence-corrected chi connectivity index (χ4v) is 3.46. The second kappa shape index (κ2) is 6.41.